The Morgan fingerprint density at radius 2 is 1.53 bits per heavy atom. The van der Waals surface area contributed by atoms with Gasteiger partial charge in [0, 0.05) is 12.2 Å². The molecule has 0 saturated heterocycles. The fraction of sp³-hybridized carbons (Fsp3) is 0.474. The number of carboxylic acids is 1. The summed E-state index contributed by atoms with van der Waals surface area (Å²) >= 11 is 4.00. The van der Waals surface area contributed by atoms with Gasteiger partial charge < -0.3 is 31.9 Å². The van der Waals surface area contributed by atoms with Crippen molar-refractivity contribution in [2.45, 2.75) is 50.5 Å². The van der Waals surface area contributed by atoms with E-state index >= 15 is 0 Å². The van der Waals surface area contributed by atoms with Crippen LogP contribution in [0.4, 0.5) is 0 Å². The van der Waals surface area contributed by atoms with E-state index in [4.69, 9.17) is 5.73 Å². The lowest BCUT2D eigenvalue weighted by molar-refractivity contribution is -0.143. The molecule has 30 heavy (non-hydrogen) atoms. The molecule has 0 fully saturated rings. The predicted octanol–water partition coefficient (Wildman–Crippen LogP) is -1.57. The monoisotopic (exact) mass is 440 g/mol. The van der Waals surface area contributed by atoms with E-state index in [0.29, 0.717) is 5.56 Å². The van der Waals surface area contributed by atoms with Gasteiger partial charge in [-0.25, -0.2) is 4.79 Å². The summed E-state index contributed by atoms with van der Waals surface area (Å²) in [5.41, 5.74) is 6.15. The van der Waals surface area contributed by atoms with Crippen molar-refractivity contribution in [1.82, 2.24) is 16.0 Å². The number of carboxylic acid groups (broad SMARTS) is 1. The Bertz CT molecular complexity index is 744. The van der Waals surface area contributed by atoms with Crippen molar-refractivity contribution in [2.75, 3.05) is 5.75 Å². The van der Waals surface area contributed by atoms with Crippen LogP contribution in [0.3, 0.4) is 0 Å². The van der Waals surface area contributed by atoms with Crippen molar-refractivity contribution >= 4 is 36.3 Å². The number of benzene rings is 1. The largest absolute Gasteiger partial charge is 0.480 e. The zero-order chi connectivity index (χ0) is 22.8. The van der Waals surface area contributed by atoms with E-state index in [9.17, 15) is 29.4 Å². The van der Waals surface area contributed by atoms with Gasteiger partial charge in [0.05, 0.1) is 12.1 Å². The molecule has 0 bridgehead atoms. The van der Waals surface area contributed by atoms with E-state index in [2.05, 4.69) is 28.6 Å². The zero-order valence-electron chi connectivity index (χ0n) is 16.7. The minimum Gasteiger partial charge on any atom is -0.480 e. The van der Waals surface area contributed by atoms with E-state index in [1.807, 2.05) is 0 Å². The summed E-state index contributed by atoms with van der Waals surface area (Å²) < 4.78 is 0. The Kier molecular flexibility index (Phi) is 10.3. The molecule has 7 N–H and O–H groups in total. The van der Waals surface area contributed by atoms with Crippen LogP contribution in [-0.2, 0) is 25.6 Å². The second-order valence-electron chi connectivity index (χ2n) is 6.85. The summed E-state index contributed by atoms with van der Waals surface area (Å²) in [5, 5.41) is 26.4. The van der Waals surface area contributed by atoms with Crippen LogP contribution < -0.4 is 21.7 Å². The molecule has 3 amide bonds. The van der Waals surface area contributed by atoms with Gasteiger partial charge in [0.15, 0.2) is 0 Å². The summed E-state index contributed by atoms with van der Waals surface area (Å²) in [4.78, 5) is 48.3. The van der Waals surface area contributed by atoms with Crippen LogP contribution in [0.15, 0.2) is 30.3 Å². The first-order valence-corrected chi connectivity index (χ1v) is 9.92. The van der Waals surface area contributed by atoms with Crippen LogP contribution >= 0.6 is 12.6 Å². The van der Waals surface area contributed by atoms with Gasteiger partial charge in [-0.1, -0.05) is 30.3 Å². The highest BCUT2D eigenvalue weighted by molar-refractivity contribution is 7.80. The molecular formula is C19H28N4O6S. The minimum absolute atomic E-state index is 0.0199. The molecule has 0 aliphatic heterocycles. The Morgan fingerprint density at radius 1 is 0.967 bits per heavy atom. The molecule has 0 saturated carbocycles. The quantitative estimate of drug-likeness (QED) is 0.204. The maximum absolute atomic E-state index is 12.6. The predicted molar refractivity (Wildman–Crippen MR) is 113 cm³/mol. The van der Waals surface area contributed by atoms with Crippen LogP contribution in [0.2, 0.25) is 0 Å². The van der Waals surface area contributed by atoms with Crippen molar-refractivity contribution in [3.8, 4) is 0 Å². The number of thiol groups is 1. The summed E-state index contributed by atoms with van der Waals surface area (Å²) in [6.45, 7) is 2.71. The fourth-order valence-corrected chi connectivity index (χ4v) is 2.72. The molecule has 5 unspecified atom stereocenters. The van der Waals surface area contributed by atoms with Gasteiger partial charge >= 0.3 is 5.97 Å². The smallest absolute Gasteiger partial charge is 0.326 e. The molecule has 0 spiro atoms. The highest BCUT2D eigenvalue weighted by Gasteiger charge is 2.32. The summed E-state index contributed by atoms with van der Waals surface area (Å²) in [5.74, 6) is -3.58. The summed E-state index contributed by atoms with van der Waals surface area (Å²) in [6, 6.07) is 4.03. The lowest BCUT2D eigenvalue weighted by Crippen LogP contribution is -2.60. The lowest BCUT2D eigenvalue weighted by atomic mass is 10.0. The van der Waals surface area contributed by atoms with E-state index < -0.39 is 54.0 Å². The molecule has 0 aliphatic rings. The highest BCUT2D eigenvalue weighted by atomic mass is 32.1. The van der Waals surface area contributed by atoms with Crippen LogP contribution in [0.1, 0.15) is 19.4 Å². The minimum atomic E-state index is -1.44. The third kappa shape index (κ3) is 8.01. The van der Waals surface area contributed by atoms with E-state index in [1.54, 1.807) is 30.3 Å². The number of aliphatic carboxylic acids is 1. The molecule has 11 heteroatoms. The number of nitrogens with two attached hydrogens (primary N) is 1. The fourth-order valence-electron chi connectivity index (χ4n) is 2.47. The SMILES string of the molecule is CC(N)C(=O)NC(CS)C(=O)NC(C(=O)NC(Cc1ccccc1)C(=O)O)C(C)O. The third-order valence-electron chi connectivity index (χ3n) is 4.19. The zero-order valence-corrected chi connectivity index (χ0v) is 17.6. The number of carbonyl (C=O) groups excluding carboxylic acids is 3. The number of amides is 3. The maximum atomic E-state index is 12.6. The van der Waals surface area contributed by atoms with Crippen LogP contribution in [0, 0.1) is 0 Å². The summed E-state index contributed by atoms with van der Waals surface area (Å²) in [7, 11) is 0. The average Bonchev–Trinajstić information content (AvgIpc) is 2.69. The van der Waals surface area contributed by atoms with Crippen molar-refractivity contribution in [1.29, 1.82) is 0 Å². The Labute approximate surface area is 180 Å². The lowest BCUT2D eigenvalue weighted by Gasteiger charge is -2.25. The molecule has 0 heterocycles. The van der Waals surface area contributed by atoms with Crippen LogP contribution in [0.25, 0.3) is 0 Å². The van der Waals surface area contributed by atoms with Crippen molar-refractivity contribution in [3.63, 3.8) is 0 Å². The van der Waals surface area contributed by atoms with Gasteiger partial charge in [-0.2, -0.15) is 12.6 Å². The van der Waals surface area contributed by atoms with Gasteiger partial charge in [-0.15, -0.1) is 0 Å². The van der Waals surface area contributed by atoms with Crippen LogP contribution in [-0.4, -0.2) is 69.9 Å². The number of hydrogen-bond donors (Lipinski definition) is 7. The van der Waals surface area contributed by atoms with E-state index in [-0.39, 0.29) is 12.2 Å². The average molecular weight is 441 g/mol. The summed E-state index contributed by atoms with van der Waals surface area (Å²) in [6.07, 6.45) is -1.31. The Balaban J connectivity index is 2.86. The molecule has 10 nitrogen and oxygen atoms in total. The van der Waals surface area contributed by atoms with Gasteiger partial charge in [-0.05, 0) is 19.4 Å². The molecule has 0 aromatic heterocycles. The number of nitrogens with one attached hydrogen (secondary N) is 3. The molecular weight excluding hydrogens is 412 g/mol. The molecule has 5 atom stereocenters. The first-order chi connectivity index (χ1) is 14.1. The highest BCUT2D eigenvalue weighted by Crippen LogP contribution is 2.05. The molecule has 1 aromatic carbocycles. The second kappa shape index (κ2) is 12.2. The molecule has 1 rings (SSSR count). The van der Waals surface area contributed by atoms with Gasteiger partial charge in [0.1, 0.15) is 18.1 Å². The molecule has 166 valence electrons. The molecule has 1 aromatic rings. The van der Waals surface area contributed by atoms with Crippen LogP contribution in [0.5, 0.6) is 0 Å². The topological polar surface area (TPSA) is 171 Å². The van der Waals surface area contributed by atoms with Gasteiger partial charge in [0.2, 0.25) is 17.7 Å². The van der Waals surface area contributed by atoms with Crippen molar-refractivity contribution in [3.05, 3.63) is 35.9 Å². The number of aliphatic hydroxyl groups is 1. The van der Waals surface area contributed by atoms with Gasteiger partial charge in [0.25, 0.3) is 0 Å². The van der Waals surface area contributed by atoms with Crippen molar-refractivity contribution < 1.29 is 29.4 Å². The normalized spacial score (nSPS) is 15.8. The van der Waals surface area contributed by atoms with E-state index in [1.165, 1.54) is 13.8 Å². The maximum Gasteiger partial charge on any atom is 0.326 e. The standard InChI is InChI=1S/C19H28N4O6S/c1-10(20)16(25)22-14(9-30)17(26)23-15(11(2)24)18(27)21-13(19(28)29)8-12-6-4-3-5-7-12/h3-7,10-11,13-15,24,30H,8-9,20H2,1-2H3,(H,21,27)(H,22,25)(H,23,26)(H,28,29). The molecule has 0 radical (unpaired) electrons. The van der Waals surface area contributed by atoms with Gasteiger partial charge in [-0.3, -0.25) is 14.4 Å². The number of aliphatic hydroxyl groups excluding tert-OH is 1. The Morgan fingerprint density at radius 3 is 2.00 bits per heavy atom. The number of hydrogen-bond acceptors (Lipinski definition) is 7. The third-order valence-corrected chi connectivity index (χ3v) is 4.55. The first-order valence-electron chi connectivity index (χ1n) is 9.29. The number of carbonyl (C=O) groups is 4. The van der Waals surface area contributed by atoms with Crippen molar-refractivity contribution in [2.24, 2.45) is 5.73 Å². The first kappa shape index (κ1) is 25.4. The number of rotatable bonds is 11. The molecule has 0 aliphatic carbocycles. The Hall–Kier alpha value is -2.63. The van der Waals surface area contributed by atoms with E-state index in [0.717, 1.165) is 0 Å². The second-order valence-corrected chi connectivity index (χ2v) is 7.21.